The minimum Gasteiger partial charge on any atom is -0.508 e. The second-order valence-electron chi connectivity index (χ2n) is 15.6. The molecule has 4 aromatic rings. The predicted octanol–water partition coefficient (Wildman–Crippen LogP) is -0.913. The third kappa shape index (κ3) is 9.84. The van der Waals surface area contributed by atoms with Crippen LogP contribution in [0.3, 0.4) is 0 Å². The number of phenolic OH excluding ortho intramolecular Hbond substituents is 3. The molecule has 0 aliphatic carbocycles. The SMILES string of the molecule is COc1cc(/C=C/C(=O)OC[C@H]2O[C@H](O[C@H]3[C@H](O)[C@@H](Oc4cc(O)c5c(=O)c(O[C@@H]6O[C@@H](C)[C@H](O)[C@@H](O)[C@@H]6O)c(-c6ccc(O)cc6)oc5c4)O[C@@H](C)[C@@H]3O)[C@H](O)[C@@H](O)[C@@H]2O)ccc1O. The Morgan fingerprint density at radius 3 is 2.03 bits per heavy atom. The van der Waals surface area contributed by atoms with E-state index >= 15 is 0 Å². The molecule has 11 N–H and O–H groups in total. The number of benzene rings is 3. The van der Waals surface area contributed by atoms with Crippen LogP contribution in [0.4, 0.5) is 0 Å². The van der Waals surface area contributed by atoms with Crippen LogP contribution in [0, 0.1) is 0 Å². The van der Waals surface area contributed by atoms with Gasteiger partial charge in [-0.3, -0.25) is 4.79 Å². The molecule has 0 unspecified atom stereocenters. The topological polar surface area (TPSA) is 344 Å². The zero-order valence-corrected chi connectivity index (χ0v) is 34.6. The van der Waals surface area contributed by atoms with Crippen molar-refractivity contribution in [3.8, 4) is 45.8 Å². The van der Waals surface area contributed by atoms with Crippen molar-refractivity contribution in [1.82, 2.24) is 0 Å². The van der Waals surface area contributed by atoms with Gasteiger partial charge in [-0.2, -0.15) is 0 Å². The summed E-state index contributed by atoms with van der Waals surface area (Å²) in [4.78, 5) is 26.6. The van der Waals surface area contributed by atoms with E-state index in [1.165, 1.54) is 69.5 Å². The van der Waals surface area contributed by atoms with Crippen molar-refractivity contribution < 1.29 is 103 Å². The normalized spacial score (nSPS) is 32.9. The van der Waals surface area contributed by atoms with Crippen LogP contribution in [0.2, 0.25) is 0 Å². The molecule has 0 radical (unpaired) electrons. The van der Waals surface area contributed by atoms with E-state index in [2.05, 4.69) is 0 Å². The molecule has 4 heterocycles. The number of carbonyl (C=O) groups excluding carboxylic acids is 1. The number of methoxy groups -OCH3 is 1. The van der Waals surface area contributed by atoms with Gasteiger partial charge in [0.1, 0.15) is 95.9 Å². The Kier molecular flexibility index (Phi) is 14.2. The Bertz CT molecular complexity index is 2400. The monoisotopic (exact) mass is 916 g/mol. The van der Waals surface area contributed by atoms with Crippen LogP contribution < -0.4 is 19.6 Å². The van der Waals surface area contributed by atoms with Gasteiger partial charge in [0.05, 0.1) is 19.3 Å². The highest BCUT2D eigenvalue weighted by molar-refractivity contribution is 5.88. The van der Waals surface area contributed by atoms with Crippen LogP contribution in [0.15, 0.2) is 69.9 Å². The van der Waals surface area contributed by atoms with Crippen LogP contribution in [-0.2, 0) is 28.5 Å². The van der Waals surface area contributed by atoms with Crippen molar-refractivity contribution >= 4 is 23.0 Å². The molecule has 0 bridgehead atoms. The van der Waals surface area contributed by atoms with Crippen molar-refractivity contribution in [2.45, 2.75) is 106 Å². The largest absolute Gasteiger partial charge is 0.508 e. The number of ether oxygens (including phenoxy) is 8. The number of hydrogen-bond donors (Lipinski definition) is 11. The molecule has 3 fully saturated rings. The summed E-state index contributed by atoms with van der Waals surface area (Å²) in [6, 6.07) is 11.7. The fraction of sp³-hybridized carbons (Fsp3) is 0.442. The van der Waals surface area contributed by atoms with Gasteiger partial charge in [0, 0.05) is 23.8 Å². The first-order valence-electron chi connectivity index (χ1n) is 20.1. The number of phenols is 3. The summed E-state index contributed by atoms with van der Waals surface area (Å²) in [5, 5.41) is 116. The zero-order valence-electron chi connectivity index (χ0n) is 34.6. The van der Waals surface area contributed by atoms with Crippen molar-refractivity contribution in [2.24, 2.45) is 0 Å². The Labute approximate surface area is 367 Å². The van der Waals surface area contributed by atoms with E-state index in [4.69, 9.17) is 42.3 Å². The highest BCUT2D eigenvalue weighted by atomic mass is 16.7. The van der Waals surface area contributed by atoms with Crippen LogP contribution in [0.25, 0.3) is 28.4 Å². The van der Waals surface area contributed by atoms with Gasteiger partial charge in [0.25, 0.3) is 0 Å². The molecule has 15 atom stereocenters. The molecule has 352 valence electrons. The van der Waals surface area contributed by atoms with Gasteiger partial charge >= 0.3 is 5.97 Å². The molecule has 22 nitrogen and oxygen atoms in total. The van der Waals surface area contributed by atoms with E-state index in [1.54, 1.807) is 0 Å². The maximum Gasteiger partial charge on any atom is 0.330 e. The van der Waals surface area contributed by atoms with Gasteiger partial charge in [-0.05, 0) is 61.9 Å². The smallest absolute Gasteiger partial charge is 0.330 e. The zero-order chi connectivity index (χ0) is 47.0. The van der Waals surface area contributed by atoms with Crippen molar-refractivity contribution in [2.75, 3.05) is 13.7 Å². The van der Waals surface area contributed by atoms with Gasteiger partial charge in [0.2, 0.25) is 23.8 Å². The Morgan fingerprint density at radius 2 is 1.34 bits per heavy atom. The molecule has 3 aliphatic rings. The quantitative estimate of drug-likeness (QED) is 0.0605. The maximum atomic E-state index is 14.1. The summed E-state index contributed by atoms with van der Waals surface area (Å²) < 4.78 is 50.6. The molecule has 3 aliphatic heterocycles. The number of hydrogen-bond acceptors (Lipinski definition) is 22. The number of aromatic hydroxyl groups is 3. The minimum atomic E-state index is -1.96. The average molecular weight is 917 g/mol. The first-order chi connectivity index (χ1) is 30.9. The van der Waals surface area contributed by atoms with Gasteiger partial charge in [-0.25, -0.2) is 4.79 Å². The highest BCUT2D eigenvalue weighted by Crippen LogP contribution is 2.39. The number of rotatable bonds is 12. The molecule has 0 saturated carbocycles. The van der Waals surface area contributed by atoms with E-state index in [0.717, 1.165) is 18.2 Å². The number of fused-ring (bicyclic) bond motifs is 1. The molecular weight excluding hydrogens is 868 g/mol. The number of esters is 1. The van der Waals surface area contributed by atoms with E-state index in [9.17, 15) is 65.8 Å². The molecule has 0 amide bonds. The van der Waals surface area contributed by atoms with E-state index in [1.807, 2.05) is 0 Å². The van der Waals surface area contributed by atoms with Gasteiger partial charge < -0.3 is 98.5 Å². The summed E-state index contributed by atoms with van der Waals surface area (Å²) in [5.41, 5.74) is -0.669. The predicted molar refractivity (Wildman–Crippen MR) is 217 cm³/mol. The lowest BCUT2D eigenvalue weighted by atomic mass is 9.97. The van der Waals surface area contributed by atoms with Crippen LogP contribution >= 0.6 is 0 Å². The van der Waals surface area contributed by atoms with E-state index < -0.39 is 127 Å². The molecule has 65 heavy (non-hydrogen) atoms. The van der Waals surface area contributed by atoms with Gasteiger partial charge in [-0.1, -0.05) is 6.07 Å². The average Bonchev–Trinajstić information content (AvgIpc) is 3.28. The first kappa shape index (κ1) is 47.4. The molecule has 3 saturated heterocycles. The summed E-state index contributed by atoms with van der Waals surface area (Å²) >= 11 is 0. The minimum absolute atomic E-state index is 0.117. The first-order valence-corrected chi connectivity index (χ1v) is 20.1. The Hall–Kier alpha value is -5.60. The molecule has 7 rings (SSSR count). The molecular formula is C43H48O22. The number of aliphatic hydroxyl groups is 8. The van der Waals surface area contributed by atoms with E-state index in [-0.39, 0.29) is 39.9 Å². The molecule has 22 heteroatoms. The Morgan fingerprint density at radius 1 is 0.692 bits per heavy atom. The van der Waals surface area contributed by atoms with Crippen LogP contribution in [-0.4, -0.2) is 168 Å². The lowest BCUT2D eigenvalue weighted by Gasteiger charge is -2.45. The van der Waals surface area contributed by atoms with Gasteiger partial charge in [-0.15, -0.1) is 0 Å². The summed E-state index contributed by atoms with van der Waals surface area (Å²) in [6.45, 7) is 2.14. The Balaban J connectivity index is 1.09. The van der Waals surface area contributed by atoms with Crippen LogP contribution in [0.5, 0.6) is 34.5 Å². The highest BCUT2D eigenvalue weighted by Gasteiger charge is 2.51. The summed E-state index contributed by atoms with van der Waals surface area (Å²) in [6.07, 6.45) is -22.5. The third-order valence-electron chi connectivity index (χ3n) is 11.1. The molecule has 3 aromatic carbocycles. The van der Waals surface area contributed by atoms with Crippen molar-refractivity contribution in [3.05, 3.63) is 76.5 Å². The number of carbonyl (C=O) groups is 1. The standard InChI is InChI=1S/C43H48O22/c1-16-29(48)33(52)35(54)41(59-16)65-40-32(51)28-23(46)13-21(14-25(28)62-38(40)19-6-8-20(44)9-7-19)61-43-37(56)39(30(49)17(2)60-43)64-42-36(55)34(53)31(50)26(63-42)15-58-27(47)11-5-18-4-10-22(45)24(12-18)57-3/h4-14,16-17,26,29-31,33-37,39,41-46,48-50,52-56H,15H2,1-3H3/b11-5+/t16-,17-,26+,29-,30-,31+,33+,34-,35-,36+,37-,39+,41-,42+,43+/m0/s1. The molecule has 0 spiro atoms. The second kappa shape index (κ2) is 19.5. The molecule has 1 aromatic heterocycles. The fourth-order valence-corrected chi connectivity index (χ4v) is 7.35. The van der Waals surface area contributed by atoms with Crippen molar-refractivity contribution in [3.63, 3.8) is 0 Å². The fourth-order valence-electron chi connectivity index (χ4n) is 7.35. The second-order valence-corrected chi connectivity index (χ2v) is 15.6. The van der Waals surface area contributed by atoms with Crippen molar-refractivity contribution in [1.29, 1.82) is 0 Å². The maximum absolute atomic E-state index is 14.1. The van der Waals surface area contributed by atoms with E-state index in [0.29, 0.717) is 5.56 Å². The third-order valence-corrected chi connectivity index (χ3v) is 11.1. The lowest BCUT2D eigenvalue weighted by molar-refractivity contribution is -0.350. The lowest BCUT2D eigenvalue weighted by Crippen LogP contribution is -2.64. The summed E-state index contributed by atoms with van der Waals surface area (Å²) in [5.74, 6) is -2.88. The summed E-state index contributed by atoms with van der Waals surface area (Å²) in [7, 11) is 1.35. The van der Waals surface area contributed by atoms with Gasteiger partial charge in [0.15, 0.2) is 23.5 Å². The number of aliphatic hydroxyl groups excluding tert-OH is 8. The van der Waals surface area contributed by atoms with Crippen LogP contribution in [0.1, 0.15) is 19.4 Å².